The average molecular weight is 232 g/mol. The van der Waals surface area contributed by atoms with E-state index in [1.165, 1.54) is 0 Å². The first-order chi connectivity index (χ1) is 7.71. The van der Waals surface area contributed by atoms with Gasteiger partial charge in [-0.15, -0.1) is 0 Å². The highest BCUT2D eigenvalue weighted by Gasteiger charge is 2.25. The molecule has 92 valence electrons. The molecule has 0 spiro atoms. The fourth-order valence-corrected chi connectivity index (χ4v) is 1.86. The second-order valence-corrected chi connectivity index (χ2v) is 6.49. The van der Waals surface area contributed by atoms with E-state index >= 15 is 0 Å². The lowest BCUT2D eigenvalue weighted by molar-refractivity contribution is 0.514. The van der Waals surface area contributed by atoms with E-state index in [4.69, 9.17) is 0 Å². The topological polar surface area (TPSA) is 43.1 Å². The van der Waals surface area contributed by atoms with E-state index in [9.17, 15) is 0 Å². The van der Waals surface area contributed by atoms with Crippen LogP contribution in [0.15, 0.2) is 12.5 Å². The first-order valence-corrected chi connectivity index (χ1v) is 5.91. The zero-order valence-corrected chi connectivity index (χ0v) is 11.4. The summed E-state index contributed by atoms with van der Waals surface area (Å²) in [5.41, 5.74) is 2.03. The number of hydrogen-bond acceptors (Lipinski definition) is 3. The molecule has 0 bridgehead atoms. The van der Waals surface area contributed by atoms with E-state index in [1.807, 2.05) is 10.7 Å². The Morgan fingerprint density at radius 1 is 0.941 bits per heavy atom. The van der Waals surface area contributed by atoms with Crippen molar-refractivity contribution in [2.75, 3.05) is 0 Å². The highest BCUT2D eigenvalue weighted by molar-refractivity contribution is 5.49. The fraction of sp³-hybridized carbons (Fsp3) is 0.615. The minimum Gasteiger partial charge on any atom is -0.240 e. The average Bonchev–Trinajstić information content (AvgIpc) is 2.60. The van der Waals surface area contributed by atoms with E-state index < -0.39 is 0 Å². The van der Waals surface area contributed by atoms with Gasteiger partial charge in [-0.3, -0.25) is 0 Å². The molecule has 4 nitrogen and oxygen atoms in total. The Bertz CT molecular complexity index is 493. The van der Waals surface area contributed by atoms with Gasteiger partial charge in [0.2, 0.25) is 0 Å². The molecule has 0 unspecified atom stereocenters. The van der Waals surface area contributed by atoms with Gasteiger partial charge in [-0.05, 0) is 5.41 Å². The highest BCUT2D eigenvalue weighted by Crippen LogP contribution is 2.27. The van der Waals surface area contributed by atoms with Crippen LogP contribution < -0.4 is 0 Å². The second-order valence-electron chi connectivity index (χ2n) is 6.49. The lowest BCUT2D eigenvalue weighted by Gasteiger charge is -2.23. The normalized spacial score (nSPS) is 13.3. The summed E-state index contributed by atoms with van der Waals surface area (Å²) in [6.07, 6.45) is 3.53. The standard InChI is InChI=1S/C13H20N4/c1-12(2,3)9-7-14-11(13(4,5)6)17-10(9)15-8-16-17/h7-8H,1-6H3. The van der Waals surface area contributed by atoms with Gasteiger partial charge in [0, 0.05) is 17.2 Å². The Morgan fingerprint density at radius 3 is 2.12 bits per heavy atom. The molecule has 0 saturated heterocycles. The fourth-order valence-electron chi connectivity index (χ4n) is 1.86. The molecule has 17 heavy (non-hydrogen) atoms. The van der Waals surface area contributed by atoms with Crippen molar-refractivity contribution in [1.82, 2.24) is 19.6 Å². The minimum absolute atomic E-state index is 0.0255. The molecular formula is C13H20N4. The molecule has 4 heteroatoms. The van der Waals surface area contributed by atoms with E-state index in [2.05, 4.69) is 56.6 Å². The van der Waals surface area contributed by atoms with Gasteiger partial charge < -0.3 is 0 Å². The third kappa shape index (κ3) is 2.04. The van der Waals surface area contributed by atoms with Crippen molar-refractivity contribution < 1.29 is 0 Å². The molecule has 0 atom stereocenters. The van der Waals surface area contributed by atoms with Gasteiger partial charge in [-0.25, -0.2) is 9.97 Å². The predicted octanol–water partition coefficient (Wildman–Crippen LogP) is 2.72. The summed E-state index contributed by atoms with van der Waals surface area (Å²) in [6, 6.07) is 0. The molecule has 2 aromatic heterocycles. The summed E-state index contributed by atoms with van der Waals surface area (Å²) in [6.45, 7) is 12.9. The summed E-state index contributed by atoms with van der Waals surface area (Å²) >= 11 is 0. The molecule has 2 heterocycles. The van der Waals surface area contributed by atoms with Crippen LogP contribution in [0.2, 0.25) is 0 Å². The maximum absolute atomic E-state index is 4.58. The summed E-state index contributed by atoms with van der Waals surface area (Å²) in [5, 5.41) is 4.30. The highest BCUT2D eigenvalue weighted by atomic mass is 15.3. The third-order valence-corrected chi connectivity index (χ3v) is 2.78. The van der Waals surface area contributed by atoms with Crippen LogP contribution in [-0.2, 0) is 10.8 Å². The molecule has 0 radical (unpaired) electrons. The zero-order chi connectivity index (χ0) is 12.8. The van der Waals surface area contributed by atoms with Crippen molar-refractivity contribution in [2.45, 2.75) is 52.4 Å². The molecule has 0 saturated carbocycles. The molecule has 0 fully saturated rings. The molecule has 0 aliphatic rings. The van der Waals surface area contributed by atoms with Crippen molar-refractivity contribution in [3.8, 4) is 0 Å². The first kappa shape index (κ1) is 12.0. The van der Waals surface area contributed by atoms with Crippen molar-refractivity contribution >= 4 is 5.65 Å². The van der Waals surface area contributed by atoms with Gasteiger partial charge in [0.15, 0.2) is 5.65 Å². The molecule has 2 aromatic rings. The van der Waals surface area contributed by atoms with Crippen LogP contribution in [0.1, 0.15) is 52.9 Å². The maximum atomic E-state index is 4.58. The Labute approximate surface area is 102 Å². The lowest BCUT2D eigenvalue weighted by atomic mass is 9.88. The first-order valence-electron chi connectivity index (χ1n) is 5.91. The second kappa shape index (κ2) is 3.52. The van der Waals surface area contributed by atoms with E-state index in [0.717, 1.165) is 17.0 Å². The van der Waals surface area contributed by atoms with E-state index in [-0.39, 0.29) is 10.8 Å². The Morgan fingerprint density at radius 2 is 1.59 bits per heavy atom. The zero-order valence-electron chi connectivity index (χ0n) is 11.4. The van der Waals surface area contributed by atoms with Crippen molar-refractivity contribution in [3.63, 3.8) is 0 Å². The van der Waals surface area contributed by atoms with Crippen LogP contribution in [0.25, 0.3) is 5.65 Å². The Balaban J connectivity index is 2.76. The Kier molecular flexibility index (Phi) is 2.49. The lowest BCUT2D eigenvalue weighted by Crippen LogP contribution is -2.22. The summed E-state index contributed by atoms with van der Waals surface area (Å²) in [7, 11) is 0. The van der Waals surface area contributed by atoms with Crippen LogP contribution in [0, 0.1) is 0 Å². The maximum Gasteiger partial charge on any atom is 0.162 e. The van der Waals surface area contributed by atoms with Crippen molar-refractivity contribution in [2.24, 2.45) is 0 Å². The predicted molar refractivity (Wildman–Crippen MR) is 68.2 cm³/mol. The monoisotopic (exact) mass is 232 g/mol. The molecule has 0 amide bonds. The molecule has 0 aliphatic carbocycles. The number of rotatable bonds is 0. The molecular weight excluding hydrogens is 212 g/mol. The van der Waals surface area contributed by atoms with Crippen LogP contribution in [-0.4, -0.2) is 19.6 Å². The van der Waals surface area contributed by atoms with Gasteiger partial charge in [-0.2, -0.15) is 9.61 Å². The van der Waals surface area contributed by atoms with Crippen molar-refractivity contribution in [1.29, 1.82) is 0 Å². The van der Waals surface area contributed by atoms with E-state index in [0.29, 0.717) is 0 Å². The molecule has 2 rings (SSSR count). The number of nitrogens with zero attached hydrogens (tertiary/aromatic N) is 4. The number of fused-ring (bicyclic) bond motifs is 1. The summed E-state index contributed by atoms with van der Waals surface area (Å²) < 4.78 is 1.86. The van der Waals surface area contributed by atoms with Gasteiger partial charge >= 0.3 is 0 Å². The van der Waals surface area contributed by atoms with Crippen LogP contribution >= 0.6 is 0 Å². The van der Waals surface area contributed by atoms with E-state index in [1.54, 1.807) is 6.33 Å². The smallest absolute Gasteiger partial charge is 0.162 e. The minimum atomic E-state index is -0.0393. The van der Waals surface area contributed by atoms with Gasteiger partial charge in [0.1, 0.15) is 12.2 Å². The van der Waals surface area contributed by atoms with Gasteiger partial charge in [-0.1, -0.05) is 41.5 Å². The third-order valence-electron chi connectivity index (χ3n) is 2.78. The molecule has 0 aromatic carbocycles. The van der Waals surface area contributed by atoms with Gasteiger partial charge in [0.05, 0.1) is 0 Å². The van der Waals surface area contributed by atoms with Crippen LogP contribution in [0.3, 0.4) is 0 Å². The largest absolute Gasteiger partial charge is 0.240 e. The molecule has 0 N–H and O–H groups in total. The summed E-state index contributed by atoms with van der Waals surface area (Å²) in [5.74, 6) is 0.943. The summed E-state index contributed by atoms with van der Waals surface area (Å²) in [4.78, 5) is 8.95. The number of hydrogen-bond donors (Lipinski definition) is 0. The number of aromatic nitrogens is 4. The molecule has 0 aliphatic heterocycles. The Hall–Kier alpha value is -1.45. The SMILES string of the molecule is CC(C)(C)c1cnc(C(C)(C)C)n2ncnc12. The van der Waals surface area contributed by atoms with Crippen LogP contribution in [0.5, 0.6) is 0 Å². The quantitative estimate of drug-likeness (QED) is 0.701. The van der Waals surface area contributed by atoms with Gasteiger partial charge in [0.25, 0.3) is 0 Å². The van der Waals surface area contributed by atoms with Crippen molar-refractivity contribution in [3.05, 3.63) is 23.9 Å². The van der Waals surface area contributed by atoms with Crippen LogP contribution in [0.4, 0.5) is 0 Å².